The zero-order chi connectivity index (χ0) is 7.28. The van der Waals surface area contributed by atoms with E-state index in [1.165, 1.54) is 5.57 Å². The van der Waals surface area contributed by atoms with Crippen molar-refractivity contribution >= 4 is 17.0 Å². The summed E-state index contributed by atoms with van der Waals surface area (Å²) in [6, 6.07) is 0. The molecule has 0 heterocycles. The molecule has 0 amide bonds. The van der Waals surface area contributed by atoms with Crippen LogP contribution in [0.2, 0.25) is 0 Å². The summed E-state index contributed by atoms with van der Waals surface area (Å²) in [6.45, 7) is 6.41. The largest absolute Gasteiger partial charge is 0.402 e. The molecule has 0 unspecified atom stereocenters. The van der Waals surface area contributed by atoms with E-state index in [0.717, 1.165) is 25.0 Å². The van der Waals surface area contributed by atoms with Crippen molar-refractivity contribution in [3.8, 4) is 0 Å². The lowest BCUT2D eigenvalue weighted by atomic mass is 10.1. The van der Waals surface area contributed by atoms with Crippen LogP contribution in [0.1, 0.15) is 40.0 Å². The predicted molar refractivity (Wildman–Crippen MR) is 52.4 cm³/mol. The second kappa shape index (κ2) is 7.13. The summed E-state index contributed by atoms with van der Waals surface area (Å²) in [5, 5.41) is 0. The fraction of sp³-hybridized carbons (Fsp3) is 0.750. The van der Waals surface area contributed by atoms with Gasteiger partial charge in [-0.05, 0) is 19.3 Å². The number of hydrogen-bond acceptors (Lipinski definition) is 1. The Morgan fingerprint density at radius 1 is 1.00 bits per heavy atom. The van der Waals surface area contributed by atoms with Gasteiger partial charge in [0, 0.05) is 5.70 Å². The average molecular weight is 208 g/mol. The summed E-state index contributed by atoms with van der Waals surface area (Å²) in [5.74, 6) is 0. The minimum absolute atomic E-state index is 0. The average Bonchev–Trinajstić information content (AvgIpc) is 1.90. The number of allylic oxidation sites excluding steroid dienone is 2. The van der Waals surface area contributed by atoms with E-state index >= 15 is 0 Å². The van der Waals surface area contributed by atoms with Gasteiger partial charge in [0.1, 0.15) is 0 Å². The first-order valence-electron chi connectivity index (χ1n) is 3.72. The third-order valence-corrected chi connectivity index (χ3v) is 1.69. The molecule has 0 aromatic carbocycles. The van der Waals surface area contributed by atoms with Gasteiger partial charge in [0.05, 0.1) is 0 Å². The normalized spacial score (nSPS) is 8.30. The monoisotopic (exact) mass is 207 g/mol. The van der Waals surface area contributed by atoms with Gasteiger partial charge < -0.3 is 5.73 Å². The Kier molecular flexibility index (Phi) is 9.04. The Morgan fingerprint density at radius 3 is 1.50 bits per heavy atom. The Hall–Kier alpha value is 0.0200. The van der Waals surface area contributed by atoms with E-state index in [2.05, 4.69) is 20.8 Å². The van der Waals surface area contributed by atoms with E-state index in [0.29, 0.717) is 0 Å². The third kappa shape index (κ3) is 3.94. The molecule has 62 valence electrons. The zero-order valence-electron chi connectivity index (χ0n) is 7.11. The first kappa shape index (κ1) is 12.7. The fourth-order valence-corrected chi connectivity index (χ4v) is 0.954. The number of hydrogen-bond donors (Lipinski definition) is 1. The van der Waals surface area contributed by atoms with Crippen molar-refractivity contribution in [2.45, 2.75) is 40.0 Å². The molecule has 0 aromatic rings. The SMILES string of the molecule is Br.CCC(N)=C(CC)CC. The maximum Gasteiger partial charge on any atom is 0.00693 e. The van der Waals surface area contributed by atoms with Crippen molar-refractivity contribution < 1.29 is 0 Å². The van der Waals surface area contributed by atoms with Gasteiger partial charge in [-0.1, -0.05) is 26.3 Å². The molecule has 0 spiro atoms. The second-order valence-electron chi connectivity index (χ2n) is 2.19. The van der Waals surface area contributed by atoms with Crippen molar-refractivity contribution in [1.82, 2.24) is 0 Å². The summed E-state index contributed by atoms with van der Waals surface area (Å²) in [7, 11) is 0. The summed E-state index contributed by atoms with van der Waals surface area (Å²) >= 11 is 0. The first-order valence-corrected chi connectivity index (χ1v) is 3.72. The van der Waals surface area contributed by atoms with Crippen LogP contribution in [0.25, 0.3) is 0 Å². The molecule has 0 saturated heterocycles. The quantitative estimate of drug-likeness (QED) is 0.757. The molecule has 0 bridgehead atoms. The highest BCUT2D eigenvalue weighted by Gasteiger charge is 1.94. The highest BCUT2D eigenvalue weighted by atomic mass is 79.9. The van der Waals surface area contributed by atoms with Crippen LogP contribution in [0.4, 0.5) is 0 Å². The molecule has 0 saturated carbocycles. The van der Waals surface area contributed by atoms with E-state index in [4.69, 9.17) is 5.73 Å². The maximum atomic E-state index is 5.72. The molecule has 0 atom stereocenters. The molecule has 2 heteroatoms. The summed E-state index contributed by atoms with van der Waals surface area (Å²) in [6.07, 6.45) is 3.21. The van der Waals surface area contributed by atoms with Gasteiger partial charge in [-0.25, -0.2) is 0 Å². The van der Waals surface area contributed by atoms with Crippen LogP contribution < -0.4 is 5.73 Å². The lowest BCUT2D eigenvalue weighted by Gasteiger charge is -2.04. The molecule has 0 rings (SSSR count). The summed E-state index contributed by atoms with van der Waals surface area (Å²) < 4.78 is 0. The Labute approximate surface area is 74.5 Å². The number of nitrogens with two attached hydrogens (primary N) is 1. The lowest BCUT2D eigenvalue weighted by molar-refractivity contribution is 0.899. The smallest absolute Gasteiger partial charge is 0.00693 e. The van der Waals surface area contributed by atoms with E-state index < -0.39 is 0 Å². The van der Waals surface area contributed by atoms with Gasteiger partial charge in [-0.2, -0.15) is 0 Å². The second-order valence-corrected chi connectivity index (χ2v) is 2.19. The van der Waals surface area contributed by atoms with Gasteiger partial charge in [0.2, 0.25) is 0 Å². The van der Waals surface area contributed by atoms with Gasteiger partial charge in [-0.15, -0.1) is 17.0 Å². The molecule has 0 aliphatic carbocycles. The standard InChI is InChI=1S/C8H17N.BrH/c1-4-7(5-2)8(9)6-3;/h4-6,9H2,1-3H3;1H. The van der Waals surface area contributed by atoms with Crippen LogP contribution in [-0.2, 0) is 0 Å². The van der Waals surface area contributed by atoms with Crippen molar-refractivity contribution in [3.63, 3.8) is 0 Å². The minimum Gasteiger partial charge on any atom is -0.402 e. The van der Waals surface area contributed by atoms with Crippen LogP contribution >= 0.6 is 17.0 Å². The van der Waals surface area contributed by atoms with Gasteiger partial charge in [0.15, 0.2) is 0 Å². The van der Waals surface area contributed by atoms with Gasteiger partial charge in [0.25, 0.3) is 0 Å². The zero-order valence-corrected chi connectivity index (χ0v) is 8.82. The predicted octanol–water partition coefficient (Wildman–Crippen LogP) is 3.01. The van der Waals surface area contributed by atoms with Crippen molar-refractivity contribution in [2.24, 2.45) is 5.73 Å². The van der Waals surface area contributed by atoms with Crippen LogP contribution in [0.5, 0.6) is 0 Å². The van der Waals surface area contributed by atoms with Crippen LogP contribution in [0, 0.1) is 0 Å². The Balaban J connectivity index is 0. The molecule has 1 nitrogen and oxygen atoms in total. The Morgan fingerprint density at radius 2 is 1.40 bits per heavy atom. The maximum absolute atomic E-state index is 5.72. The summed E-state index contributed by atoms with van der Waals surface area (Å²) in [5.41, 5.74) is 8.22. The molecule has 0 aliphatic heterocycles. The third-order valence-electron chi connectivity index (χ3n) is 1.69. The molecule has 0 aromatic heterocycles. The van der Waals surface area contributed by atoms with Crippen molar-refractivity contribution in [1.29, 1.82) is 0 Å². The number of rotatable bonds is 3. The highest BCUT2D eigenvalue weighted by molar-refractivity contribution is 8.93. The lowest BCUT2D eigenvalue weighted by Crippen LogP contribution is -1.99. The van der Waals surface area contributed by atoms with E-state index in [-0.39, 0.29) is 17.0 Å². The van der Waals surface area contributed by atoms with Gasteiger partial charge >= 0.3 is 0 Å². The van der Waals surface area contributed by atoms with Crippen LogP contribution in [0.15, 0.2) is 11.3 Å². The van der Waals surface area contributed by atoms with Gasteiger partial charge in [-0.3, -0.25) is 0 Å². The fourth-order valence-electron chi connectivity index (χ4n) is 0.954. The Bertz CT molecular complexity index is 102. The minimum atomic E-state index is 0. The molecule has 10 heavy (non-hydrogen) atoms. The van der Waals surface area contributed by atoms with Crippen LogP contribution in [-0.4, -0.2) is 0 Å². The molecular formula is C8H18BrN. The van der Waals surface area contributed by atoms with Crippen LogP contribution in [0.3, 0.4) is 0 Å². The van der Waals surface area contributed by atoms with Crippen molar-refractivity contribution in [2.75, 3.05) is 0 Å². The van der Waals surface area contributed by atoms with E-state index in [1.54, 1.807) is 0 Å². The highest BCUT2D eigenvalue weighted by Crippen LogP contribution is 2.10. The molecule has 0 aliphatic rings. The molecule has 0 radical (unpaired) electrons. The molecular weight excluding hydrogens is 190 g/mol. The first-order chi connectivity index (χ1) is 4.26. The van der Waals surface area contributed by atoms with E-state index in [9.17, 15) is 0 Å². The molecule has 0 fully saturated rings. The van der Waals surface area contributed by atoms with E-state index in [1.807, 2.05) is 0 Å². The molecule has 2 N–H and O–H groups in total. The topological polar surface area (TPSA) is 26.0 Å². The van der Waals surface area contributed by atoms with Crippen molar-refractivity contribution in [3.05, 3.63) is 11.3 Å². The number of halogens is 1. The summed E-state index contributed by atoms with van der Waals surface area (Å²) in [4.78, 5) is 0.